The molecular formula is C15H16N2O4S. The maximum atomic E-state index is 12.1. The Bertz CT molecular complexity index is 625. The Morgan fingerprint density at radius 1 is 1.32 bits per heavy atom. The van der Waals surface area contributed by atoms with Crippen molar-refractivity contribution in [1.82, 2.24) is 4.90 Å². The van der Waals surface area contributed by atoms with Crippen LogP contribution in [0.2, 0.25) is 0 Å². The fourth-order valence-electron chi connectivity index (χ4n) is 1.88. The van der Waals surface area contributed by atoms with Crippen LogP contribution in [0.3, 0.4) is 0 Å². The molecule has 0 aromatic heterocycles. The zero-order valence-electron chi connectivity index (χ0n) is 12.1. The van der Waals surface area contributed by atoms with E-state index in [0.717, 1.165) is 23.7 Å². The minimum atomic E-state index is -0.548. The zero-order valence-corrected chi connectivity index (χ0v) is 12.9. The molecule has 0 bridgehead atoms. The second kappa shape index (κ2) is 7.13. The Labute approximate surface area is 132 Å². The van der Waals surface area contributed by atoms with Gasteiger partial charge in [-0.25, -0.2) is 0 Å². The van der Waals surface area contributed by atoms with Crippen LogP contribution in [0.5, 0.6) is 5.75 Å². The third-order valence-corrected chi connectivity index (χ3v) is 3.79. The summed E-state index contributed by atoms with van der Waals surface area (Å²) in [6.07, 6.45) is 2.40. The average Bonchev–Trinajstić information content (AvgIpc) is 2.74. The molecule has 1 heterocycles. The van der Waals surface area contributed by atoms with Crippen molar-refractivity contribution in [3.8, 4) is 5.75 Å². The van der Waals surface area contributed by atoms with Crippen LogP contribution in [0.25, 0.3) is 6.08 Å². The summed E-state index contributed by atoms with van der Waals surface area (Å²) < 4.78 is 5.15. The molecule has 1 aliphatic rings. The largest absolute Gasteiger partial charge is 0.484 e. The Morgan fingerprint density at radius 2 is 2.00 bits per heavy atom. The van der Waals surface area contributed by atoms with Crippen molar-refractivity contribution in [1.29, 1.82) is 0 Å². The molecule has 0 radical (unpaired) electrons. The molecule has 1 aromatic carbocycles. The fraction of sp³-hybridized carbons (Fsp3) is 0.267. The molecule has 2 rings (SSSR count). The van der Waals surface area contributed by atoms with Crippen LogP contribution in [0, 0.1) is 0 Å². The molecule has 1 fully saturated rings. The van der Waals surface area contributed by atoms with E-state index in [1.807, 2.05) is 6.92 Å². The molecule has 1 aromatic rings. The number of ether oxygens (including phenoxy) is 1. The van der Waals surface area contributed by atoms with Crippen LogP contribution in [-0.4, -0.2) is 35.1 Å². The van der Waals surface area contributed by atoms with Gasteiger partial charge in [0.25, 0.3) is 17.1 Å². The van der Waals surface area contributed by atoms with Gasteiger partial charge in [0, 0.05) is 6.54 Å². The lowest BCUT2D eigenvalue weighted by atomic mass is 10.2. The highest BCUT2D eigenvalue weighted by molar-refractivity contribution is 8.18. The molecule has 1 aliphatic heterocycles. The lowest BCUT2D eigenvalue weighted by Crippen LogP contribution is -2.28. The van der Waals surface area contributed by atoms with Gasteiger partial charge >= 0.3 is 0 Å². The van der Waals surface area contributed by atoms with Crippen molar-refractivity contribution in [2.75, 3.05) is 13.2 Å². The predicted octanol–water partition coefficient (Wildman–Crippen LogP) is 2.00. The molecule has 0 unspecified atom stereocenters. The van der Waals surface area contributed by atoms with E-state index in [1.165, 1.54) is 4.90 Å². The summed E-state index contributed by atoms with van der Waals surface area (Å²) in [5, 5.41) is -0.237. The third kappa shape index (κ3) is 3.88. The first-order chi connectivity index (χ1) is 10.5. The van der Waals surface area contributed by atoms with Crippen molar-refractivity contribution >= 4 is 34.9 Å². The lowest BCUT2D eigenvalue weighted by molar-refractivity contribution is -0.122. The van der Waals surface area contributed by atoms with Crippen molar-refractivity contribution in [2.24, 2.45) is 5.73 Å². The summed E-state index contributed by atoms with van der Waals surface area (Å²) in [5.41, 5.74) is 5.77. The number of thioether (sulfide) groups is 1. The van der Waals surface area contributed by atoms with Crippen LogP contribution < -0.4 is 10.5 Å². The summed E-state index contributed by atoms with van der Waals surface area (Å²) in [7, 11) is 0. The van der Waals surface area contributed by atoms with E-state index in [9.17, 15) is 14.4 Å². The van der Waals surface area contributed by atoms with Gasteiger partial charge in [0.2, 0.25) is 0 Å². The van der Waals surface area contributed by atoms with Gasteiger partial charge in [0.15, 0.2) is 6.61 Å². The standard InChI is InChI=1S/C15H16N2O4S/c1-2-7-17-14(19)12(22-15(17)20)8-10-3-5-11(6-4-10)21-9-13(16)18/h3-6,8H,2,7,9H2,1H3,(H2,16,18)/b12-8-. The molecule has 22 heavy (non-hydrogen) atoms. The van der Waals surface area contributed by atoms with Gasteiger partial charge < -0.3 is 10.5 Å². The molecule has 1 saturated heterocycles. The average molecular weight is 320 g/mol. The van der Waals surface area contributed by atoms with Crippen molar-refractivity contribution < 1.29 is 19.1 Å². The molecule has 6 nitrogen and oxygen atoms in total. The SMILES string of the molecule is CCCN1C(=O)S/C(=C\c2ccc(OCC(N)=O)cc2)C1=O. The minimum Gasteiger partial charge on any atom is -0.484 e. The maximum absolute atomic E-state index is 12.1. The van der Waals surface area contributed by atoms with Crippen molar-refractivity contribution in [3.05, 3.63) is 34.7 Å². The second-order valence-corrected chi connectivity index (χ2v) is 5.65. The van der Waals surface area contributed by atoms with Crippen LogP contribution in [0.1, 0.15) is 18.9 Å². The number of amides is 3. The monoisotopic (exact) mass is 320 g/mol. The van der Waals surface area contributed by atoms with E-state index in [2.05, 4.69) is 0 Å². The van der Waals surface area contributed by atoms with Gasteiger partial charge in [-0.3, -0.25) is 19.3 Å². The van der Waals surface area contributed by atoms with Crippen molar-refractivity contribution in [3.63, 3.8) is 0 Å². The third-order valence-electron chi connectivity index (χ3n) is 2.88. The molecule has 0 spiro atoms. The van der Waals surface area contributed by atoms with E-state index in [0.29, 0.717) is 17.2 Å². The molecule has 0 aliphatic carbocycles. The summed E-state index contributed by atoms with van der Waals surface area (Å²) in [6.45, 7) is 2.16. The predicted molar refractivity (Wildman–Crippen MR) is 84.1 cm³/mol. The first kappa shape index (κ1) is 16.1. The Hall–Kier alpha value is -2.28. The summed E-state index contributed by atoms with van der Waals surface area (Å²) in [5.74, 6) is -0.297. The molecule has 3 amide bonds. The Morgan fingerprint density at radius 3 is 2.59 bits per heavy atom. The maximum Gasteiger partial charge on any atom is 0.293 e. The molecule has 2 N–H and O–H groups in total. The Kier molecular flexibility index (Phi) is 5.21. The molecule has 0 atom stereocenters. The van der Waals surface area contributed by atoms with Crippen LogP contribution in [0.15, 0.2) is 29.2 Å². The van der Waals surface area contributed by atoms with Crippen molar-refractivity contribution in [2.45, 2.75) is 13.3 Å². The number of carbonyl (C=O) groups is 3. The van der Waals surface area contributed by atoms with Gasteiger partial charge in [0.05, 0.1) is 4.91 Å². The van der Waals surface area contributed by atoms with Gasteiger partial charge in [-0.15, -0.1) is 0 Å². The number of benzene rings is 1. The lowest BCUT2D eigenvalue weighted by Gasteiger charge is -2.09. The first-order valence-electron chi connectivity index (χ1n) is 6.77. The topological polar surface area (TPSA) is 89.7 Å². The normalized spacial score (nSPS) is 16.4. The molecule has 0 saturated carbocycles. The number of hydrogen-bond donors (Lipinski definition) is 1. The number of rotatable bonds is 6. The van der Waals surface area contributed by atoms with E-state index in [1.54, 1.807) is 30.3 Å². The Balaban J connectivity index is 2.08. The number of hydrogen-bond acceptors (Lipinski definition) is 5. The van der Waals surface area contributed by atoms with E-state index in [-0.39, 0.29) is 17.8 Å². The summed E-state index contributed by atoms with van der Waals surface area (Å²) in [4.78, 5) is 36.1. The van der Waals surface area contributed by atoms with E-state index >= 15 is 0 Å². The highest BCUT2D eigenvalue weighted by Gasteiger charge is 2.34. The number of imide groups is 1. The van der Waals surface area contributed by atoms with Gasteiger partial charge in [0.1, 0.15) is 5.75 Å². The molecule has 7 heteroatoms. The number of primary amides is 1. The highest BCUT2D eigenvalue weighted by atomic mass is 32.2. The smallest absolute Gasteiger partial charge is 0.293 e. The van der Waals surface area contributed by atoms with E-state index < -0.39 is 5.91 Å². The number of nitrogens with zero attached hydrogens (tertiary/aromatic N) is 1. The second-order valence-electron chi connectivity index (χ2n) is 4.66. The molecular weight excluding hydrogens is 304 g/mol. The quantitative estimate of drug-likeness (QED) is 0.810. The van der Waals surface area contributed by atoms with E-state index in [4.69, 9.17) is 10.5 Å². The van der Waals surface area contributed by atoms with Gasteiger partial charge in [-0.2, -0.15) is 0 Å². The zero-order chi connectivity index (χ0) is 16.1. The van der Waals surface area contributed by atoms with Crippen LogP contribution in [-0.2, 0) is 9.59 Å². The summed E-state index contributed by atoms with van der Waals surface area (Å²) in [6, 6.07) is 6.82. The highest BCUT2D eigenvalue weighted by Crippen LogP contribution is 2.32. The van der Waals surface area contributed by atoms with Gasteiger partial charge in [-0.1, -0.05) is 19.1 Å². The fourth-order valence-corrected chi connectivity index (χ4v) is 2.75. The first-order valence-corrected chi connectivity index (χ1v) is 7.59. The number of carbonyl (C=O) groups excluding carboxylic acids is 3. The van der Waals surface area contributed by atoms with Crippen LogP contribution >= 0.6 is 11.8 Å². The number of nitrogens with two attached hydrogens (primary N) is 1. The minimum absolute atomic E-state index is 0.185. The molecule has 116 valence electrons. The van der Waals surface area contributed by atoms with Gasteiger partial charge in [-0.05, 0) is 42.0 Å². The van der Waals surface area contributed by atoms with Crippen LogP contribution in [0.4, 0.5) is 4.79 Å². The summed E-state index contributed by atoms with van der Waals surface area (Å²) >= 11 is 0.941.